The van der Waals surface area contributed by atoms with Crippen molar-refractivity contribution in [3.05, 3.63) is 28.8 Å². The lowest BCUT2D eigenvalue weighted by Gasteiger charge is -2.45. The number of hydrogen-bond acceptors (Lipinski definition) is 3. The Labute approximate surface area is 92.1 Å². The fourth-order valence-electron chi connectivity index (χ4n) is 2.13. The smallest absolute Gasteiger partial charge is 0.216 e. The Balaban J connectivity index is 2.39. The van der Waals surface area contributed by atoms with Gasteiger partial charge in [-0.1, -0.05) is 11.6 Å². The Morgan fingerprint density at radius 2 is 2.33 bits per heavy atom. The van der Waals surface area contributed by atoms with Gasteiger partial charge in [-0.15, -0.1) is 0 Å². The van der Waals surface area contributed by atoms with Gasteiger partial charge < -0.3 is 10.8 Å². The minimum atomic E-state index is -0.545. The molecule has 1 aliphatic rings. The zero-order valence-corrected chi connectivity index (χ0v) is 8.84. The molecule has 5 heteroatoms. The van der Waals surface area contributed by atoms with Crippen LogP contribution in [-0.2, 0) is 5.41 Å². The van der Waals surface area contributed by atoms with Gasteiger partial charge in [0.2, 0.25) is 5.95 Å². The predicted molar refractivity (Wildman–Crippen MR) is 55.2 cm³/mol. The summed E-state index contributed by atoms with van der Waals surface area (Å²) < 4.78 is 13.5. The van der Waals surface area contributed by atoms with Gasteiger partial charge in [0, 0.05) is 23.7 Å². The van der Waals surface area contributed by atoms with Crippen molar-refractivity contribution in [1.29, 1.82) is 0 Å². The number of nitrogens with two attached hydrogens (primary N) is 1. The predicted octanol–water partition coefficient (Wildman–Crippen LogP) is 1.23. The highest BCUT2D eigenvalue weighted by Gasteiger charge is 2.45. The molecule has 3 N–H and O–H groups in total. The van der Waals surface area contributed by atoms with E-state index in [0.29, 0.717) is 30.0 Å². The first kappa shape index (κ1) is 10.8. The molecule has 0 bridgehead atoms. The Bertz CT molecular complexity index is 380. The SMILES string of the molecule is NCC1(c2cc(Cl)cnc2F)CC(O)C1. The van der Waals surface area contributed by atoms with Crippen molar-refractivity contribution in [2.45, 2.75) is 24.4 Å². The van der Waals surface area contributed by atoms with Crippen LogP contribution in [0.2, 0.25) is 5.02 Å². The average molecular weight is 231 g/mol. The molecule has 0 atom stereocenters. The van der Waals surface area contributed by atoms with Crippen LogP contribution in [0.25, 0.3) is 0 Å². The van der Waals surface area contributed by atoms with Crippen LogP contribution in [0.4, 0.5) is 4.39 Å². The summed E-state index contributed by atoms with van der Waals surface area (Å²) in [6, 6.07) is 1.54. The number of hydrogen-bond donors (Lipinski definition) is 2. The van der Waals surface area contributed by atoms with Crippen molar-refractivity contribution in [3.63, 3.8) is 0 Å². The molecule has 0 saturated heterocycles. The third-order valence-corrected chi connectivity index (χ3v) is 3.23. The summed E-state index contributed by atoms with van der Waals surface area (Å²) in [5.74, 6) is -0.545. The standard InChI is InChI=1S/C10H12ClFN2O/c11-6-1-8(9(12)14-4-6)10(5-13)2-7(15)3-10/h1,4,7,15H,2-3,5,13H2. The number of pyridine rings is 1. The molecule has 0 aliphatic heterocycles. The fourth-order valence-corrected chi connectivity index (χ4v) is 2.29. The Hall–Kier alpha value is -0.710. The van der Waals surface area contributed by atoms with Gasteiger partial charge >= 0.3 is 0 Å². The zero-order chi connectivity index (χ0) is 11.1. The molecule has 0 unspecified atom stereocenters. The lowest BCUT2D eigenvalue weighted by molar-refractivity contribution is 0.0201. The zero-order valence-electron chi connectivity index (χ0n) is 8.08. The summed E-state index contributed by atoms with van der Waals surface area (Å²) >= 11 is 5.76. The maximum atomic E-state index is 13.5. The summed E-state index contributed by atoms with van der Waals surface area (Å²) in [4.78, 5) is 3.56. The first-order valence-corrected chi connectivity index (χ1v) is 5.15. The van der Waals surface area contributed by atoms with Crippen LogP contribution in [0.5, 0.6) is 0 Å². The number of aliphatic hydroxyl groups is 1. The number of aliphatic hydroxyl groups excluding tert-OH is 1. The summed E-state index contributed by atoms with van der Waals surface area (Å²) in [7, 11) is 0. The molecule has 0 radical (unpaired) electrons. The van der Waals surface area contributed by atoms with Crippen LogP contribution in [-0.4, -0.2) is 22.7 Å². The van der Waals surface area contributed by atoms with E-state index in [4.69, 9.17) is 17.3 Å². The molecule has 3 nitrogen and oxygen atoms in total. The lowest BCUT2D eigenvalue weighted by atomic mass is 9.63. The van der Waals surface area contributed by atoms with Crippen LogP contribution in [0.1, 0.15) is 18.4 Å². The Morgan fingerprint density at radius 3 is 2.87 bits per heavy atom. The molecule has 1 aliphatic carbocycles. The molecule has 1 aromatic rings. The molecule has 1 heterocycles. The van der Waals surface area contributed by atoms with Crippen LogP contribution in [0.15, 0.2) is 12.3 Å². The molecule has 1 fully saturated rings. The summed E-state index contributed by atoms with van der Waals surface area (Å²) in [6.07, 6.45) is 1.82. The number of nitrogens with zero attached hydrogens (tertiary/aromatic N) is 1. The van der Waals surface area contributed by atoms with Crippen molar-refractivity contribution >= 4 is 11.6 Å². The van der Waals surface area contributed by atoms with Crippen LogP contribution < -0.4 is 5.73 Å². The van der Waals surface area contributed by atoms with E-state index >= 15 is 0 Å². The summed E-state index contributed by atoms with van der Waals surface area (Å²) in [5, 5.41) is 9.69. The molecule has 0 amide bonds. The van der Waals surface area contributed by atoms with Gasteiger partial charge in [-0.05, 0) is 18.9 Å². The quantitative estimate of drug-likeness (QED) is 0.752. The molecule has 1 saturated carbocycles. The van der Waals surface area contributed by atoms with Crippen molar-refractivity contribution in [2.75, 3.05) is 6.54 Å². The van der Waals surface area contributed by atoms with Gasteiger partial charge in [0.05, 0.1) is 11.1 Å². The number of halogens is 2. The fraction of sp³-hybridized carbons (Fsp3) is 0.500. The van der Waals surface area contributed by atoms with Crippen molar-refractivity contribution in [3.8, 4) is 0 Å². The van der Waals surface area contributed by atoms with Crippen LogP contribution in [0.3, 0.4) is 0 Å². The van der Waals surface area contributed by atoms with Gasteiger partial charge in [-0.2, -0.15) is 4.39 Å². The largest absolute Gasteiger partial charge is 0.393 e. The maximum absolute atomic E-state index is 13.5. The van der Waals surface area contributed by atoms with Gasteiger partial charge in [0.1, 0.15) is 0 Å². The maximum Gasteiger partial charge on any atom is 0.216 e. The van der Waals surface area contributed by atoms with E-state index in [1.165, 1.54) is 6.20 Å². The first-order chi connectivity index (χ1) is 7.07. The first-order valence-electron chi connectivity index (χ1n) is 4.77. The van der Waals surface area contributed by atoms with Gasteiger partial charge in [0.15, 0.2) is 0 Å². The van der Waals surface area contributed by atoms with Crippen molar-refractivity contribution in [2.24, 2.45) is 5.73 Å². The molecule has 0 spiro atoms. The molecular weight excluding hydrogens is 219 g/mol. The van der Waals surface area contributed by atoms with Crippen molar-refractivity contribution in [1.82, 2.24) is 4.98 Å². The molecular formula is C10H12ClFN2O. The summed E-state index contributed by atoms with van der Waals surface area (Å²) in [5.41, 5.74) is 5.57. The van der Waals surface area contributed by atoms with E-state index in [1.807, 2.05) is 0 Å². The third kappa shape index (κ3) is 1.73. The second-order valence-electron chi connectivity index (χ2n) is 4.04. The Morgan fingerprint density at radius 1 is 1.67 bits per heavy atom. The highest BCUT2D eigenvalue weighted by Crippen LogP contribution is 2.44. The average Bonchev–Trinajstić information content (AvgIpc) is 2.17. The normalized spacial score (nSPS) is 30.0. The molecule has 0 aromatic carbocycles. The van der Waals surface area contributed by atoms with Crippen LogP contribution >= 0.6 is 11.6 Å². The monoisotopic (exact) mass is 230 g/mol. The van der Waals surface area contributed by atoms with Gasteiger partial charge in [-0.3, -0.25) is 0 Å². The second-order valence-corrected chi connectivity index (χ2v) is 4.47. The van der Waals surface area contributed by atoms with E-state index in [2.05, 4.69) is 4.98 Å². The minimum Gasteiger partial charge on any atom is -0.393 e. The van der Waals surface area contributed by atoms with E-state index in [1.54, 1.807) is 6.07 Å². The van der Waals surface area contributed by atoms with Gasteiger partial charge in [-0.25, -0.2) is 4.98 Å². The van der Waals surface area contributed by atoms with Crippen LogP contribution in [0, 0.1) is 5.95 Å². The molecule has 2 rings (SSSR count). The number of aromatic nitrogens is 1. The highest BCUT2D eigenvalue weighted by molar-refractivity contribution is 6.30. The van der Waals surface area contributed by atoms with E-state index in [-0.39, 0.29) is 0 Å². The third-order valence-electron chi connectivity index (χ3n) is 3.02. The Kier molecular flexibility index (Phi) is 2.66. The lowest BCUT2D eigenvalue weighted by Crippen LogP contribution is -2.50. The second kappa shape index (κ2) is 3.70. The number of rotatable bonds is 2. The van der Waals surface area contributed by atoms with E-state index in [0.717, 1.165) is 0 Å². The molecule has 1 aromatic heterocycles. The van der Waals surface area contributed by atoms with E-state index < -0.39 is 17.5 Å². The molecule has 82 valence electrons. The summed E-state index contributed by atoms with van der Waals surface area (Å²) in [6.45, 7) is 0.295. The highest BCUT2D eigenvalue weighted by atomic mass is 35.5. The minimum absolute atomic E-state index is 0.295. The topological polar surface area (TPSA) is 59.1 Å². The molecule has 15 heavy (non-hydrogen) atoms. The van der Waals surface area contributed by atoms with Gasteiger partial charge in [0.25, 0.3) is 0 Å². The van der Waals surface area contributed by atoms with E-state index in [9.17, 15) is 9.50 Å². The van der Waals surface area contributed by atoms with Crippen molar-refractivity contribution < 1.29 is 9.50 Å².